The molecule has 0 radical (unpaired) electrons. The number of ether oxygens (including phenoxy) is 3. The maximum absolute atomic E-state index is 6.31. The Labute approximate surface area is 137 Å². The molecule has 2 aromatic carbocycles. The van der Waals surface area contributed by atoms with Crippen LogP contribution in [0.5, 0.6) is 11.5 Å². The quantitative estimate of drug-likeness (QED) is 0.921. The average molecular weight is 313 g/mol. The van der Waals surface area contributed by atoms with Crippen molar-refractivity contribution in [3.05, 3.63) is 59.7 Å². The van der Waals surface area contributed by atoms with Crippen LogP contribution in [0.15, 0.2) is 48.5 Å². The zero-order chi connectivity index (χ0) is 16.1. The van der Waals surface area contributed by atoms with Crippen LogP contribution >= 0.6 is 0 Å². The topological polar surface area (TPSA) is 39.7 Å². The predicted octanol–water partition coefficient (Wildman–Crippen LogP) is 3.11. The van der Waals surface area contributed by atoms with Crippen LogP contribution in [0.1, 0.15) is 17.2 Å². The summed E-state index contributed by atoms with van der Waals surface area (Å²) >= 11 is 0. The highest BCUT2D eigenvalue weighted by molar-refractivity contribution is 5.40. The molecule has 0 saturated carbocycles. The van der Waals surface area contributed by atoms with E-state index in [2.05, 4.69) is 36.5 Å². The minimum Gasteiger partial charge on any atom is -0.493 e. The van der Waals surface area contributed by atoms with Crippen molar-refractivity contribution < 1.29 is 14.2 Å². The van der Waals surface area contributed by atoms with Gasteiger partial charge in [-0.1, -0.05) is 42.0 Å². The molecule has 1 heterocycles. The van der Waals surface area contributed by atoms with E-state index in [0.717, 1.165) is 30.2 Å². The van der Waals surface area contributed by atoms with Gasteiger partial charge < -0.3 is 19.5 Å². The van der Waals surface area contributed by atoms with Crippen molar-refractivity contribution in [3.63, 3.8) is 0 Å². The second-order valence-electron chi connectivity index (χ2n) is 5.71. The summed E-state index contributed by atoms with van der Waals surface area (Å²) in [5.41, 5.74) is 2.34. The Morgan fingerprint density at radius 2 is 1.83 bits per heavy atom. The molecular weight excluding hydrogens is 290 g/mol. The third kappa shape index (κ3) is 3.84. The number of hydrogen-bond acceptors (Lipinski definition) is 4. The molecule has 0 spiro atoms. The van der Waals surface area contributed by atoms with Gasteiger partial charge in [-0.3, -0.25) is 0 Å². The number of nitrogens with one attached hydrogen (secondary N) is 1. The first-order chi connectivity index (χ1) is 11.3. The Balaban J connectivity index is 1.89. The van der Waals surface area contributed by atoms with Crippen LogP contribution in [0.2, 0.25) is 0 Å². The van der Waals surface area contributed by atoms with E-state index in [1.807, 2.05) is 24.3 Å². The van der Waals surface area contributed by atoms with E-state index in [1.54, 1.807) is 7.11 Å². The molecule has 1 aliphatic rings. The van der Waals surface area contributed by atoms with Gasteiger partial charge in [0.1, 0.15) is 6.10 Å². The predicted molar refractivity (Wildman–Crippen MR) is 90.2 cm³/mol. The molecule has 0 amide bonds. The normalized spacial score (nSPS) is 19.1. The summed E-state index contributed by atoms with van der Waals surface area (Å²) in [4.78, 5) is 0. The molecule has 2 atom stereocenters. The third-order valence-electron chi connectivity index (χ3n) is 4.02. The van der Waals surface area contributed by atoms with Crippen molar-refractivity contribution in [2.75, 3.05) is 26.8 Å². The smallest absolute Gasteiger partial charge is 0.162 e. The minimum atomic E-state index is -0.181. The first-order valence-electron chi connectivity index (χ1n) is 7.96. The maximum atomic E-state index is 6.31. The van der Waals surface area contributed by atoms with Crippen LogP contribution in [-0.2, 0) is 4.74 Å². The molecule has 0 bridgehead atoms. The van der Waals surface area contributed by atoms with Gasteiger partial charge in [-0.2, -0.15) is 0 Å². The molecular formula is C19H23NO3. The summed E-state index contributed by atoms with van der Waals surface area (Å²) in [6.07, 6.45) is -0.212. The van der Waals surface area contributed by atoms with Crippen molar-refractivity contribution >= 4 is 0 Å². The van der Waals surface area contributed by atoms with Crippen LogP contribution in [0, 0.1) is 6.92 Å². The fourth-order valence-electron chi connectivity index (χ4n) is 2.75. The molecule has 2 unspecified atom stereocenters. The van der Waals surface area contributed by atoms with Gasteiger partial charge in [0.25, 0.3) is 0 Å². The number of rotatable bonds is 5. The van der Waals surface area contributed by atoms with Gasteiger partial charge in [0.15, 0.2) is 17.6 Å². The maximum Gasteiger partial charge on any atom is 0.162 e. The third-order valence-corrected chi connectivity index (χ3v) is 4.02. The van der Waals surface area contributed by atoms with E-state index in [0.29, 0.717) is 6.61 Å². The zero-order valence-electron chi connectivity index (χ0n) is 13.6. The van der Waals surface area contributed by atoms with Gasteiger partial charge in [0, 0.05) is 13.1 Å². The zero-order valence-corrected chi connectivity index (χ0v) is 13.6. The molecule has 122 valence electrons. The van der Waals surface area contributed by atoms with Crippen molar-refractivity contribution in [3.8, 4) is 11.5 Å². The lowest BCUT2D eigenvalue weighted by Crippen LogP contribution is -2.43. The fraction of sp³-hybridized carbons (Fsp3) is 0.368. The van der Waals surface area contributed by atoms with Crippen molar-refractivity contribution in [1.29, 1.82) is 0 Å². The van der Waals surface area contributed by atoms with E-state index < -0.39 is 0 Å². The number of aryl methyl sites for hydroxylation is 1. The van der Waals surface area contributed by atoms with Gasteiger partial charge in [0.05, 0.1) is 13.7 Å². The molecule has 4 heteroatoms. The van der Waals surface area contributed by atoms with Crippen molar-refractivity contribution in [1.82, 2.24) is 5.32 Å². The van der Waals surface area contributed by atoms with Gasteiger partial charge in [-0.25, -0.2) is 0 Å². The van der Waals surface area contributed by atoms with Gasteiger partial charge in [0.2, 0.25) is 0 Å². The highest BCUT2D eigenvalue weighted by Crippen LogP contribution is 2.33. The molecule has 3 rings (SSSR count). The Hall–Kier alpha value is -2.04. The van der Waals surface area contributed by atoms with E-state index in [9.17, 15) is 0 Å². The number of benzene rings is 2. The lowest BCUT2D eigenvalue weighted by Gasteiger charge is -2.32. The summed E-state index contributed by atoms with van der Waals surface area (Å²) in [6.45, 7) is 4.43. The first-order valence-corrected chi connectivity index (χ1v) is 7.96. The summed E-state index contributed by atoms with van der Waals surface area (Å²) in [7, 11) is 1.65. The Bertz CT molecular complexity index is 621. The van der Waals surface area contributed by atoms with Crippen molar-refractivity contribution in [2.24, 2.45) is 0 Å². The molecule has 1 N–H and O–H groups in total. The molecule has 2 aromatic rings. The second-order valence-corrected chi connectivity index (χ2v) is 5.71. The average Bonchev–Trinajstić information content (AvgIpc) is 2.61. The summed E-state index contributed by atoms with van der Waals surface area (Å²) in [5, 5.41) is 3.37. The molecule has 1 fully saturated rings. The molecule has 1 aliphatic heterocycles. The largest absolute Gasteiger partial charge is 0.493 e. The van der Waals surface area contributed by atoms with Gasteiger partial charge >= 0.3 is 0 Å². The standard InChI is InChI=1S/C19H23NO3/c1-14-7-9-15(10-8-14)19(18-13-20-11-12-22-18)23-17-6-4-3-5-16(17)21-2/h3-10,18-20H,11-13H2,1-2H3. The number of hydrogen-bond donors (Lipinski definition) is 1. The highest BCUT2D eigenvalue weighted by Gasteiger charge is 2.28. The first kappa shape index (κ1) is 15.8. The van der Waals surface area contributed by atoms with Crippen LogP contribution in [0.3, 0.4) is 0 Å². The summed E-state index contributed by atoms with van der Waals surface area (Å²) < 4.78 is 17.7. The minimum absolute atomic E-state index is 0.0311. The monoisotopic (exact) mass is 313 g/mol. The van der Waals surface area contributed by atoms with E-state index in [4.69, 9.17) is 14.2 Å². The summed E-state index contributed by atoms with van der Waals surface area (Å²) in [6, 6.07) is 16.1. The van der Waals surface area contributed by atoms with Crippen LogP contribution < -0.4 is 14.8 Å². The molecule has 0 aliphatic carbocycles. The van der Waals surface area contributed by atoms with Gasteiger partial charge in [-0.05, 0) is 24.6 Å². The Morgan fingerprint density at radius 1 is 1.09 bits per heavy atom. The number of morpholine rings is 1. The molecule has 23 heavy (non-hydrogen) atoms. The number of methoxy groups -OCH3 is 1. The van der Waals surface area contributed by atoms with Gasteiger partial charge in [-0.15, -0.1) is 0 Å². The molecule has 0 aromatic heterocycles. The van der Waals surface area contributed by atoms with E-state index in [-0.39, 0.29) is 12.2 Å². The lowest BCUT2D eigenvalue weighted by molar-refractivity contribution is -0.0438. The van der Waals surface area contributed by atoms with Crippen LogP contribution in [0.25, 0.3) is 0 Å². The lowest BCUT2D eigenvalue weighted by atomic mass is 10.0. The van der Waals surface area contributed by atoms with Crippen LogP contribution in [-0.4, -0.2) is 32.9 Å². The van der Waals surface area contributed by atoms with Crippen LogP contribution in [0.4, 0.5) is 0 Å². The Kier molecular flexibility index (Phi) is 5.16. The Morgan fingerprint density at radius 3 is 2.48 bits per heavy atom. The van der Waals surface area contributed by atoms with Crippen molar-refractivity contribution in [2.45, 2.75) is 19.1 Å². The molecule has 1 saturated heterocycles. The number of para-hydroxylation sites is 2. The highest BCUT2D eigenvalue weighted by atomic mass is 16.6. The SMILES string of the molecule is COc1ccccc1OC(c1ccc(C)cc1)C1CNCCO1. The van der Waals surface area contributed by atoms with E-state index >= 15 is 0 Å². The molecule has 4 nitrogen and oxygen atoms in total. The fourth-order valence-corrected chi connectivity index (χ4v) is 2.75. The second kappa shape index (κ2) is 7.49. The van der Waals surface area contributed by atoms with E-state index in [1.165, 1.54) is 5.56 Å². The summed E-state index contributed by atoms with van der Waals surface area (Å²) in [5.74, 6) is 1.46.